The van der Waals surface area contributed by atoms with E-state index >= 15 is 0 Å². The number of unbranched alkanes of at least 4 members (excludes halogenated alkanes) is 2. The summed E-state index contributed by atoms with van der Waals surface area (Å²) in [4.78, 5) is 9.33. The Hall–Kier alpha value is -1.94. The molecule has 0 aliphatic heterocycles. The molecular formula is C18H23N3O. The molecule has 1 aromatic carbocycles. The Morgan fingerprint density at radius 1 is 1.14 bits per heavy atom. The average Bonchev–Trinajstić information content (AvgIpc) is 2.91. The van der Waals surface area contributed by atoms with Crippen LogP contribution in [0.25, 0.3) is 21.9 Å². The lowest BCUT2D eigenvalue weighted by Crippen LogP contribution is -2.07. The summed E-state index contributed by atoms with van der Waals surface area (Å²) >= 11 is 0. The predicted octanol–water partition coefficient (Wildman–Crippen LogP) is 3.96. The second-order valence-corrected chi connectivity index (χ2v) is 5.64. The van der Waals surface area contributed by atoms with E-state index in [0.717, 1.165) is 29.8 Å². The molecule has 3 aromatic rings. The van der Waals surface area contributed by atoms with Gasteiger partial charge in [0.15, 0.2) is 0 Å². The summed E-state index contributed by atoms with van der Waals surface area (Å²) < 4.78 is 7.61. The van der Waals surface area contributed by atoms with E-state index in [2.05, 4.69) is 34.7 Å². The summed E-state index contributed by atoms with van der Waals surface area (Å²) in [7, 11) is 1.74. The van der Waals surface area contributed by atoms with Gasteiger partial charge < -0.3 is 9.30 Å². The normalized spacial score (nSPS) is 11.5. The van der Waals surface area contributed by atoms with E-state index < -0.39 is 0 Å². The summed E-state index contributed by atoms with van der Waals surface area (Å²) in [6.07, 6.45) is 6.38. The minimum atomic E-state index is 0.697. The molecule has 22 heavy (non-hydrogen) atoms. The van der Waals surface area contributed by atoms with Crippen LogP contribution in [0.2, 0.25) is 0 Å². The Bertz CT molecular complexity index is 763. The lowest BCUT2D eigenvalue weighted by molar-refractivity contribution is 0.199. The molecule has 0 amide bonds. The molecule has 4 nitrogen and oxygen atoms in total. The molecule has 0 bridgehead atoms. The summed E-state index contributed by atoms with van der Waals surface area (Å²) in [6, 6.07) is 8.31. The average molecular weight is 297 g/mol. The van der Waals surface area contributed by atoms with Gasteiger partial charge in [-0.05, 0) is 12.5 Å². The summed E-state index contributed by atoms with van der Waals surface area (Å²) in [6.45, 7) is 3.94. The van der Waals surface area contributed by atoms with Gasteiger partial charge in [-0.15, -0.1) is 0 Å². The molecule has 0 N–H and O–H groups in total. The Balaban J connectivity index is 2.12. The summed E-state index contributed by atoms with van der Waals surface area (Å²) in [5.41, 5.74) is 3.24. The number of para-hydroxylation sites is 1. The van der Waals surface area contributed by atoms with Gasteiger partial charge in [0, 0.05) is 25.5 Å². The van der Waals surface area contributed by atoms with Gasteiger partial charge in [-0.25, -0.2) is 4.98 Å². The van der Waals surface area contributed by atoms with Crippen molar-refractivity contribution in [2.45, 2.75) is 39.2 Å². The van der Waals surface area contributed by atoms with Crippen LogP contribution in [0, 0.1) is 0 Å². The van der Waals surface area contributed by atoms with Crippen molar-refractivity contribution in [1.82, 2.24) is 14.5 Å². The molecule has 2 aromatic heterocycles. The number of aromatic nitrogens is 3. The molecule has 0 aliphatic carbocycles. The summed E-state index contributed by atoms with van der Waals surface area (Å²) in [5.74, 6) is 1.10. The number of nitrogens with zero attached hydrogens (tertiary/aromatic N) is 3. The number of rotatable bonds is 7. The maximum absolute atomic E-state index is 5.24. The van der Waals surface area contributed by atoms with E-state index in [9.17, 15) is 0 Å². The number of ether oxygens (including phenoxy) is 1. The highest BCUT2D eigenvalue weighted by molar-refractivity contribution is 6.02. The smallest absolute Gasteiger partial charge is 0.112 e. The van der Waals surface area contributed by atoms with Gasteiger partial charge in [0.1, 0.15) is 11.3 Å². The topological polar surface area (TPSA) is 39.9 Å². The third kappa shape index (κ3) is 2.83. The van der Waals surface area contributed by atoms with Gasteiger partial charge >= 0.3 is 0 Å². The highest BCUT2D eigenvalue weighted by atomic mass is 16.5. The van der Waals surface area contributed by atoms with Crippen molar-refractivity contribution in [3.63, 3.8) is 0 Å². The number of fused-ring (bicyclic) bond motifs is 3. The fourth-order valence-corrected chi connectivity index (χ4v) is 2.96. The molecule has 3 rings (SSSR count). The first-order valence-electron chi connectivity index (χ1n) is 8.07. The first-order valence-corrected chi connectivity index (χ1v) is 8.07. The van der Waals surface area contributed by atoms with E-state index in [1.165, 1.54) is 30.2 Å². The zero-order chi connectivity index (χ0) is 15.4. The quantitative estimate of drug-likeness (QED) is 0.620. The predicted molar refractivity (Wildman–Crippen MR) is 90.1 cm³/mol. The maximum Gasteiger partial charge on any atom is 0.112 e. The Kier molecular flexibility index (Phi) is 4.68. The fraction of sp³-hybridized carbons (Fsp3) is 0.444. The van der Waals surface area contributed by atoms with Gasteiger partial charge in [-0.3, -0.25) is 4.98 Å². The molecule has 2 heterocycles. The molecule has 0 spiro atoms. The third-order valence-electron chi connectivity index (χ3n) is 4.07. The highest BCUT2D eigenvalue weighted by Gasteiger charge is 2.13. The Morgan fingerprint density at radius 2 is 2.00 bits per heavy atom. The van der Waals surface area contributed by atoms with Crippen molar-refractivity contribution < 1.29 is 4.74 Å². The number of methoxy groups -OCH3 is 1. The largest absolute Gasteiger partial charge is 0.384 e. The van der Waals surface area contributed by atoms with E-state index in [4.69, 9.17) is 9.72 Å². The zero-order valence-electron chi connectivity index (χ0n) is 13.4. The fourth-order valence-electron chi connectivity index (χ4n) is 2.96. The van der Waals surface area contributed by atoms with E-state index in [1.807, 2.05) is 12.3 Å². The Labute approximate surface area is 131 Å². The summed E-state index contributed by atoms with van der Waals surface area (Å²) in [5, 5.41) is 1.19. The molecule has 116 valence electrons. The second-order valence-electron chi connectivity index (χ2n) is 5.64. The zero-order valence-corrected chi connectivity index (χ0v) is 13.4. The molecule has 0 fully saturated rings. The van der Waals surface area contributed by atoms with Crippen LogP contribution in [0.3, 0.4) is 0 Å². The highest BCUT2D eigenvalue weighted by Crippen LogP contribution is 2.25. The SMILES string of the molecule is CCCCCn1c(CCOC)nc2cnc3ccccc3c21. The molecule has 0 atom stereocenters. The number of hydrogen-bond acceptors (Lipinski definition) is 3. The van der Waals surface area contributed by atoms with Gasteiger partial charge in [0.2, 0.25) is 0 Å². The lowest BCUT2D eigenvalue weighted by atomic mass is 10.2. The van der Waals surface area contributed by atoms with Gasteiger partial charge in [-0.1, -0.05) is 38.0 Å². The van der Waals surface area contributed by atoms with Crippen molar-refractivity contribution in [3.05, 3.63) is 36.3 Å². The van der Waals surface area contributed by atoms with Crippen molar-refractivity contribution in [3.8, 4) is 0 Å². The van der Waals surface area contributed by atoms with Crippen LogP contribution < -0.4 is 0 Å². The lowest BCUT2D eigenvalue weighted by Gasteiger charge is -2.10. The molecular weight excluding hydrogens is 274 g/mol. The molecule has 0 saturated heterocycles. The van der Waals surface area contributed by atoms with Gasteiger partial charge in [0.25, 0.3) is 0 Å². The molecule has 4 heteroatoms. The third-order valence-corrected chi connectivity index (χ3v) is 4.07. The van der Waals surface area contributed by atoms with Gasteiger partial charge in [0.05, 0.1) is 23.8 Å². The van der Waals surface area contributed by atoms with Crippen LogP contribution in [-0.2, 0) is 17.7 Å². The number of imidazole rings is 1. The molecule has 0 saturated carbocycles. The van der Waals surface area contributed by atoms with Crippen LogP contribution in [0.1, 0.15) is 32.0 Å². The van der Waals surface area contributed by atoms with Crippen molar-refractivity contribution >= 4 is 21.9 Å². The first-order chi connectivity index (χ1) is 10.8. The van der Waals surface area contributed by atoms with Gasteiger partial charge in [-0.2, -0.15) is 0 Å². The van der Waals surface area contributed by atoms with E-state index in [0.29, 0.717) is 6.61 Å². The Morgan fingerprint density at radius 3 is 2.82 bits per heavy atom. The number of benzene rings is 1. The van der Waals surface area contributed by atoms with Crippen molar-refractivity contribution in [1.29, 1.82) is 0 Å². The van der Waals surface area contributed by atoms with Crippen molar-refractivity contribution in [2.75, 3.05) is 13.7 Å². The molecule has 0 radical (unpaired) electrons. The maximum atomic E-state index is 5.24. The molecule has 0 unspecified atom stereocenters. The van der Waals surface area contributed by atoms with Crippen LogP contribution in [-0.4, -0.2) is 28.3 Å². The monoisotopic (exact) mass is 297 g/mol. The van der Waals surface area contributed by atoms with Crippen molar-refractivity contribution in [2.24, 2.45) is 0 Å². The number of pyridine rings is 1. The standard InChI is InChI=1S/C18H23N3O/c1-3-4-7-11-21-17(10-12-22-2)20-16-13-19-15-9-6-5-8-14(15)18(16)21/h5-6,8-9,13H,3-4,7,10-12H2,1-2H3. The minimum absolute atomic E-state index is 0.697. The van der Waals surface area contributed by atoms with Crippen LogP contribution in [0.5, 0.6) is 0 Å². The van der Waals surface area contributed by atoms with Crippen LogP contribution in [0.15, 0.2) is 30.5 Å². The number of hydrogen-bond donors (Lipinski definition) is 0. The molecule has 0 aliphatic rings. The van der Waals surface area contributed by atoms with Crippen LogP contribution >= 0.6 is 0 Å². The van der Waals surface area contributed by atoms with E-state index in [-0.39, 0.29) is 0 Å². The number of aryl methyl sites for hydroxylation is 1. The van der Waals surface area contributed by atoms with Crippen LogP contribution in [0.4, 0.5) is 0 Å². The first kappa shape index (κ1) is 15.0. The second kappa shape index (κ2) is 6.88. The minimum Gasteiger partial charge on any atom is -0.384 e. The van der Waals surface area contributed by atoms with E-state index in [1.54, 1.807) is 7.11 Å².